The predicted molar refractivity (Wildman–Crippen MR) is 74.8 cm³/mol. The summed E-state index contributed by atoms with van der Waals surface area (Å²) in [5.74, 6) is 1.01. The Kier molecular flexibility index (Phi) is 5.02. The Labute approximate surface area is 109 Å². The van der Waals surface area contributed by atoms with Gasteiger partial charge in [-0.2, -0.15) is 0 Å². The lowest BCUT2D eigenvalue weighted by atomic mass is 9.98. The van der Waals surface area contributed by atoms with Crippen molar-refractivity contribution in [2.24, 2.45) is 0 Å². The Balaban J connectivity index is 3.11. The van der Waals surface area contributed by atoms with Crippen molar-refractivity contribution >= 4 is 15.7 Å². The number of ether oxygens (including phenoxy) is 1. The Morgan fingerprint density at radius 3 is 2.50 bits per heavy atom. The zero-order valence-electron chi connectivity index (χ0n) is 11.4. The van der Waals surface area contributed by atoms with E-state index in [0.29, 0.717) is 24.0 Å². The van der Waals surface area contributed by atoms with Gasteiger partial charge in [0.05, 0.1) is 18.6 Å². The second kappa shape index (κ2) is 6.09. The number of sulfonamides is 1. The molecule has 1 atom stereocenters. The van der Waals surface area contributed by atoms with Gasteiger partial charge in [0.2, 0.25) is 10.0 Å². The third-order valence-corrected chi connectivity index (χ3v) is 3.37. The molecule has 0 saturated heterocycles. The fourth-order valence-corrected chi connectivity index (χ4v) is 2.21. The van der Waals surface area contributed by atoms with Crippen molar-refractivity contribution < 1.29 is 13.2 Å². The van der Waals surface area contributed by atoms with E-state index in [0.717, 1.165) is 18.2 Å². The van der Waals surface area contributed by atoms with Gasteiger partial charge in [-0.3, -0.25) is 4.72 Å². The second-order valence-electron chi connectivity index (χ2n) is 4.37. The molecule has 1 aromatic carbocycles. The van der Waals surface area contributed by atoms with Crippen molar-refractivity contribution in [3.63, 3.8) is 0 Å². The molecule has 0 heterocycles. The van der Waals surface area contributed by atoms with E-state index >= 15 is 0 Å². The van der Waals surface area contributed by atoms with Crippen LogP contribution in [0.15, 0.2) is 18.2 Å². The number of hydrogen-bond acceptors (Lipinski definition) is 3. The van der Waals surface area contributed by atoms with Gasteiger partial charge in [0.25, 0.3) is 0 Å². The van der Waals surface area contributed by atoms with Gasteiger partial charge in [-0.1, -0.05) is 19.9 Å². The molecule has 0 fully saturated rings. The Hall–Kier alpha value is -1.23. The molecule has 0 aliphatic carbocycles. The molecule has 0 radical (unpaired) electrons. The normalized spacial score (nSPS) is 13.1. The minimum Gasteiger partial charge on any atom is -0.492 e. The summed E-state index contributed by atoms with van der Waals surface area (Å²) in [5, 5.41) is 0. The van der Waals surface area contributed by atoms with Crippen LogP contribution in [-0.4, -0.2) is 21.3 Å². The molecule has 0 bridgehead atoms. The second-order valence-corrected chi connectivity index (χ2v) is 6.12. The molecule has 0 saturated carbocycles. The summed E-state index contributed by atoms with van der Waals surface area (Å²) in [4.78, 5) is 0. The number of hydrogen-bond donors (Lipinski definition) is 1. The number of benzene rings is 1. The minimum absolute atomic E-state index is 0.427. The molecule has 18 heavy (non-hydrogen) atoms. The maximum Gasteiger partial charge on any atom is 0.229 e. The van der Waals surface area contributed by atoms with E-state index < -0.39 is 10.0 Å². The SMILES string of the molecule is CCOc1cc(C(C)CC)ccc1NS(C)(=O)=O. The summed E-state index contributed by atoms with van der Waals surface area (Å²) in [7, 11) is -3.29. The molecule has 0 amide bonds. The first-order valence-electron chi connectivity index (χ1n) is 6.12. The van der Waals surface area contributed by atoms with Gasteiger partial charge in [-0.05, 0) is 37.0 Å². The Bertz CT molecular complexity index is 497. The van der Waals surface area contributed by atoms with E-state index in [1.807, 2.05) is 19.1 Å². The van der Waals surface area contributed by atoms with Gasteiger partial charge in [-0.15, -0.1) is 0 Å². The van der Waals surface area contributed by atoms with Crippen molar-refractivity contribution in [3.8, 4) is 5.75 Å². The summed E-state index contributed by atoms with van der Waals surface area (Å²) in [6, 6.07) is 5.60. The molecule has 4 nitrogen and oxygen atoms in total. The van der Waals surface area contributed by atoms with Crippen LogP contribution in [-0.2, 0) is 10.0 Å². The predicted octanol–water partition coefficient (Wildman–Crippen LogP) is 2.97. The molecule has 0 aliphatic rings. The topological polar surface area (TPSA) is 55.4 Å². The zero-order valence-corrected chi connectivity index (χ0v) is 12.2. The molecule has 5 heteroatoms. The fourth-order valence-electron chi connectivity index (χ4n) is 1.64. The van der Waals surface area contributed by atoms with E-state index in [2.05, 4.69) is 18.6 Å². The first-order chi connectivity index (χ1) is 8.37. The van der Waals surface area contributed by atoms with Crippen molar-refractivity contribution in [1.82, 2.24) is 0 Å². The number of anilines is 1. The van der Waals surface area contributed by atoms with Crippen molar-refractivity contribution in [2.75, 3.05) is 17.6 Å². The van der Waals surface area contributed by atoms with Crippen LogP contribution in [0.4, 0.5) is 5.69 Å². The Morgan fingerprint density at radius 1 is 1.33 bits per heavy atom. The van der Waals surface area contributed by atoms with Crippen LogP contribution in [0.25, 0.3) is 0 Å². The van der Waals surface area contributed by atoms with Crippen molar-refractivity contribution in [3.05, 3.63) is 23.8 Å². The lowest BCUT2D eigenvalue weighted by molar-refractivity contribution is 0.341. The van der Waals surface area contributed by atoms with E-state index in [4.69, 9.17) is 4.74 Å². The highest BCUT2D eigenvalue weighted by Crippen LogP contribution is 2.30. The van der Waals surface area contributed by atoms with Gasteiger partial charge in [0.15, 0.2) is 0 Å². The zero-order chi connectivity index (χ0) is 13.8. The average molecular weight is 271 g/mol. The third-order valence-electron chi connectivity index (χ3n) is 2.78. The van der Waals surface area contributed by atoms with E-state index in [-0.39, 0.29) is 0 Å². The lowest BCUT2D eigenvalue weighted by Crippen LogP contribution is -2.11. The highest BCUT2D eigenvalue weighted by atomic mass is 32.2. The van der Waals surface area contributed by atoms with Crippen LogP contribution >= 0.6 is 0 Å². The largest absolute Gasteiger partial charge is 0.492 e. The Morgan fingerprint density at radius 2 is 2.00 bits per heavy atom. The molecule has 0 aliphatic heterocycles. The van der Waals surface area contributed by atoms with Crippen LogP contribution in [0.1, 0.15) is 38.7 Å². The first-order valence-corrected chi connectivity index (χ1v) is 8.01. The highest BCUT2D eigenvalue weighted by molar-refractivity contribution is 7.92. The molecular formula is C13H21NO3S. The van der Waals surface area contributed by atoms with Gasteiger partial charge in [-0.25, -0.2) is 8.42 Å². The number of rotatable bonds is 6. The molecule has 1 N–H and O–H groups in total. The molecule has 102 valence electrons. The van der Waals surface area contributed by atoms with Crippen LogP contribution in [0.5, 0.6) is 5.75 Å². The summed E-state index contributed by atoms with van der Waals surface area (Å²) >= 11 is 0. The highest BCUT2D eigenvalue weighted by Gasteiger charge is 2.11. The number of nitrogens with one attached hydrogen (secondary N) is 1. The summed E-state index contributed by atoms with van der Waals surface area (Å²) in [6.07, 6.45) is 2.16. The first kappa shape index (κ1) is 14.8. The molecule has 0 spiro atoms. The standard InChI is InChI=1S/C13H21NO3S/c1-5-10(3)11-7-8-12(14-18(4,15)16)13(9-11)17-6-2/h7-10,14H,5-6H2,1-4H3. The molecule has 1 unspecified atom stereocenters. The lowest BCUT2D eigenvalue weighted by Gasteiger charge is -2.15. The smallest absolute Gasteiger partial charge is 0.229 e. The van der Waals surface area contributed by atoms with Crippen LogP contribution in [0.2, 0.25) is 0 Å². The van der Waals surface area contributed by atoms with E-state index in [1.54, 1.807) is 6.07 Å². The van der Waals surface area contributed by atoms with Gasteiger partial charge in [0.1, 0.15) is 5.75 Å². The van der Waals surface area contributed by atoms with Gasteiger partial charge in [0, 0.05) is 0 Å². The molecule has 1 rings (SSSR count). The average Bonchev–Trinajstić information content (AvgIpc) is 2.29. The quantitative estimate of drug-likeness (QED) is 0.865. The van der Waals surface area contributed by atoms with Crippen molar-refractivity contribution in [2.45, 2.75) is 33.1 Å². The van der Waals surface area contributed by atoms with Gasteiger partial charge >= 0.3 is 0 Å². The van der Waals surface area contributed by atoms with E-state index in [9.17, 15) is 8.42 Å². The maximum absolute atomic E-state index is 11.3. The van der Waals surface area contributed by atoms with Crippen LogP contribution in [0, 0.1) is 0 Å². The monoisotopic (exact) mass is 271 g/mol. The van der Waals surface area contributed by atoms with Crippen LogP contribution < -0.4 is 9.46 Å². The summed E-state index contributed by atoms with van der Waals surface area (Å²) < 4.78 is 30.5. The summed E-state index contributed by atoms with van der Waals surface area (Å²) in [5.41, 5.74) is 1.64. The van der Waals surface area contributed by atoms with E-state index in [1.165, 1.54) is 0 Å². The molecular weight excluding hydrogens is 250 g/mol. The van der Waals surface area contributed by atoms with Crippen LogP contribution in [0.3, 0.4) is 0 Å². The molecule has 0 aromatic heterocycles. The minimum atomic E-state index is -3.29. The summed E-state index contributed by atoms with van der Waals surface area (Å²) in [6.45, 7) is 6.63. The molecule has 1 aromatic rings. The third kappa shape index (κ3) is 4.22. The maximum atomic E-state index is 11.3. The van der Waals surface area contributed by atoms with Crippen molar-refractivity contribution in [1.29, 1.82) is 0 Å². The fraction of sp³-hybridized carbons (Fsp3) is 0.538. The van der Waals surface area contributed by atoms with Gasteiger partial charge < -0.3 is 4.74 Å².